The van der Waals surface area contributed by atoms with Gasteiger partial charge >= 0.3 is 0 Å². The first-order valence-electron chi connectivity index (χ1n) is 5.83. The summed E-state index contributed by atoms with van der Waals surface area (Å²) in [4.78, 5) is 0. The van der Waals surface area contributed by atoms with E-state index in [1.165, 1.54) is 6.07 Å². The molecule has 19 heavy (non-hydrogen) atoms. The summed E-state index contributed by atoms with van der Waals surface area (Å²) in [5, 5.41) is 0. The first-order chi connectivity index (χ1) is 9.19. The molecule has 0 bridgehead atoms. The van der Waals surface area contributed by atoms with E-state index < -0.39 is 0 Å². The van der Waals surface area contributed by atoms with Crippen molar-refractivity contribution in [3.8, 4) is 5.75 Å². The first-order valence-corrected chi connectivity index (χ1v) is 6.63. The van der Waals surface area contributed by atoms with Gasteiger partial charge in [0.15, 0.2) is 0 Å². The second-order valence-corrected chi connectivity index (χ2v) is 5.00. The third-order valence-corrected chi connectivity index (χ3v) is 3.17. The molecule has 0 atom stereocenters. The molecular weight excluding hydrogens is 311 g/mol. The van der Waals surface area contributed by atoms with Gasteiger partial charge in [-0.15, -0.1) is 0 Å². The summed E-state index contributed by atoms with van der Waals surface area (Å²) < 4.78 is 24.9. The van der Waals surface area contributed by atoms with Gasteiger partial charge < -0.3 is 9.47 Å². The molecule has 0 heterocycles. The Morgan fingerprint density at radius 2 is 1.95 bits per heavy atom. The number of methoxy groups -OCH3 is 1. The Balaban J connectivity index is 1.92. The fraction of sp³-hybridized carbons (Fsp3) is 0.200. The lowest BCUT2D eigenvalue weighted by molar-refractivity contribution is 0.104. The highest BCUT2D eigenvalue weighted by Crippen LogP contribution is 2.17. The Hall–Kier alpha value is -1.39. The van der Waals surface area contributed by atoms with Crippen LogP contribution in [0, 0.1) is 5.82 Å². The summed E-state index contributed by atoms with van der Waals surface area (Å²) in [5.74, 6) is 0.524. The van der Waals surface area contributed by atoms with E-state index in [1.807, 2.05) is 24.3 Å². The molecule has 100 valence electrons. The maximum absolute atomic E-state index is 13.6. The van der Waals surface area contributed by atoms with Crippen LogP contribution in [0.25, 0.3) is 0 Å². The molecule has 0 aliphatic rings. The van der Waals surface area contributed by atoms with Crippen LogP contribution in [0.1, 0.15) is 11.1 Å². The normalized spacial score (nSPS) is 10.5. The van der Waals surface area contributed by atoms with Gasteiger partial charge in [0.1, 0.15) is 11.6 Å². The zero-order valence-corrected chi connectivity index (χ0v) is 12.1. The minimum Gasteiger partial charge on any atom is -0.497 e. The highest BCUT2D eigenvalue weighted by Gasteiger charge is 2.03. The molecule has 2 rings (SSSR count). The van der Waals surface area contributed by atoms with Crippen molar-refractivity contribution in [3.63, 3.8) is 0 Å². The number of hydrogen-bond acceptors (Lipinski definition) is 2. The van der Waals surface area contributed by atoms with Gasteiger partial charge in [0.25, 0.3) is 0 Å². The Morgan fingerprint density at radius 3 is 2.68 bits per heavy atom. The van der Waals surface area contributed by atoms with Crippen LogP contribution in [0.5, 0.6) is 5.75 Å². The smallest absolute Gasteiger partial charge is 0.129 e. The quantitative estimate of drug-likeness (QED) is 0.815. The van der Waals surface area contributed by atoms with E-state index in [9.17, 15) is 4.39 Å². The van der Waals surface area contributed by atoms with Crippen LogP contribution in [0.3, 0.4) is 0 Å². The maximum atomic E-state index is 13.6. The van der Waals surface area contributed by atoms with Crippen molar-refractivity contribution in [1.82, 2.24) is 0 Å². The Kier molecular flexibility index (Phi) is 4.93. The Labute approximate surface area is 120 Å². The van der Waals surface area contributed by atoms with Gasteiger partial charge in [-0.1, -0.05) is 34.1 Å². The summed E-state index contributed by atoms with van der Waals surface area (Å²) in [7, 11) is 1.62. The number of hydrogen-bond donors (Lipinski definition) is 0. The zero-order valence-electron chi connectivity index (χ0n) is 10.5. The predicted molar refractivity (Wildman–Crippen MR) is 75.6 cm³/mol. The van der Waals surface area contributed by atoms with Crippen molar-refractivity contribution in [2.45, 2.75) is 13.2 Å². The van der Waals surface area contributed by atoms with Crippen molar-refractivity contribution >= 4 is 15.9 Å². The van der Waals surface area contributed by atoms with Crippen molar-refractivity contribution in [1.29, 1.82) is 0 Å². The standard InChI is InChI=1S/C15H14BrFO2/c1-18-14-4-2-3-11(7-14)9-19-10-12-5-6-13(16)8-15(12)17/h2-8H,9-10H2,1H3. The lowest BCUT2D eigenvalue weighted by Crippen LogP contribution is -1.97. The van der Waals surface area contributed by atoms with Crippen molar-refractivity contribution in [3.05, 3.63) is 63.9 Å². The second kappa shape index (κ2) is 6.68. The molecule has 0 saturated heterocycles. The second-order valence-electron chi connectivity index (χ2n) is 4.08. The first kappa shape index (κ1) is 14.0. The molecule has 2 aromatic rings. The SMILES string of the molecule is COc1cccc(COCc2ccc(Br)cc2F)c1. The molecule has 0 saturated carbocycles. The molecule has 0 aromatic heterocycles. The van der Waals surface area contributed by atoms with Gasteiger partial charge in [-0.2, -0.15) is 0 Å². The number of rotatable bonds is 5. The van der Waals surface area contributed by atoms with Crippen molar-refractivity contribution < 1.29 is 13.9 Å². The van der Waals surface area contributed by atoms with E-state index in [1.54, 1.807) is 19.2 Å². The number of ether oxygens (including phenoxy) is 2. The lowest BCUT2D eigenvalue weighted by atomic mass is 10.2. The van der Waals surface area contributed by atoms with Gasteiger partial charge in [0, 0.05) is 10.0 Å². The third-order valence-electron chi connectivity index (χ3n) is 2.68. The van der Waals surface area contributed by atoms with Gasteiger partial charge in [-0.05, 0) is 29.8 Å². The fourth-order valence-corrected chi connectivity index (χ4v) is 2.01. The minimum atomic E-state index is -0.264. The van der Waals surface area contributed by atoms with E-state index in [4.69, 9.17) is 9.47 Å². The highest BCUT2D eigenvalue weighted by molar-refractivity contribution is 9.10. The van der Waals surface area contributed by atoms with Crippen LogP contribution < -0.4 is 4.74 Å². The minimum absolute atomic E-state index is 0.246. The Morgan fingerprint density at radius 1 is 1.11 bits per heavy atom. The average Bonchev–Trinajstić information content (AvgIpc) is 2.41. The molecule has 0 N–H and O–H groups in total. The van der Waals surface area contributed by atoms with Crippen molar-refractivity contribution in [2.75, 3.05) is 7.11 Å². The summed E-state index contributed by atoms with van der Waals surface area (Å²) in [6.07, 6.45) is 0. The Bertz CT molecular complexity index is 558. The highest BCUT2D eigenvalue weighted by atomic mass is 79.9. The van der Waals surface area contributed by atoms with E-state index in [2.05, 4.69) is 15.9 Å². The van der Waals surface area contributed by atoms with Crippen LogP contribution in [-0.2, 0) is 18.0 Å². The van der Waals surface area contributed by atoms with E-state index in [0.29, 0.717) is 12.2 Å². The largest absolute Gasteiger partial charge is 0.497 e. The summed E-state index contributed by atoms with van der Waals surface area (Å²) in [6, 6.07) is 12.6. The third kappa shape index (κ3) is 4.04. The summed E-state index contributed by atoms with van der Waals surface area (Å²) in [5.41, 5.74) is 1.54. The summed E-state index contributed by atoms with van der Waals surface area (Å²) >= 11 is 3.22. The zero-order chi connectivity index (χ0) is 13.7. The molecule has 0 aliphatic heterocycles. The van der Waals surface area contributed by atoms with Gasteiger partial charge in [0.05, 0.1) is 20.3 Å². The van der Waals surface area contributed by atoms with Gasteiger partial charge in [-0.3, -0.25) is 0 Å². The van der Waals surface area contributed by atoms with Crippen molar-refractivity contribution in [2.24, 2.45) is 0 Å². The molecule has 0 aliphatic carbocycles. The number of halogens is 2. The monoisotopic (exact) mass is 324 g/mol. The van der Waals surface area contributed by atoms with Gasteiger partial charge in [-0.25, -0.2) is 4.39 Å². The van der Waals surface area contributed by atoms with Crippen LogP contribution in [0.15, 0.2) is 46.9 Å². The van der Waals surface area contributed by atoms with Crippen LogP contribution >= 0.6 is 15.9 Å². The molecule has 4 heteroatoms. The van der Waals surface area contributed by atoms with E-state index in [-0.39, 0.29) is 12.4 Å². The average molecular weight is 325 g/mol. The molecule has 0 radical (unpaired) electrons. The van der Waals surface area contributed by atoms with E-state index >= 15 is 0 Å². The molecule has 0 spiro atoms. The predicted octanol–water partition coefficient (Wildman–Crippen LogP) is 4.31. The molecule has 2 nitrogen and oxygen atoms in total. The molecule has 0 fully saturated rings. The maximum Gasteiger partial charge on any atom is 0.129 e. The summed E-state index contributed by atoms with van der Waals surface area (Å²) in [6.45, 7) is 0.670. The van der Waals surface area contributed by atoms with Crippen LogP contribution in [0.4, 0.5) is 4.39 Å². The van der Waals surface area contributed by atoms with Crippen LogP contribution in [-0.4, -0.2) is 7.11 Å². The number of benzene rings is 2. The molecule has 0 unspecified atom stereocenters. The van der Waals surface area contributed by atoms with Gasteiger partial charge in [0.2, 0.25) is 0 Å². The fourth-order valence-electron chi connectivity index (χ4n) is 1.68. The molecular formula is C15H14BrFO2. The topological polar surface area (TPSA) is 18.5 Å². The lowest BCUT2D eigenvalue weighted by Gasteiger charge is -2.07. The van der Waals surface area contributed by atoms with Crippen LogP contribution in [0.2, 0.25) is 0 Å². The van der Waals surface area contributed by atoms with E-state index in [0.717, 1.165) is 15.8 Å². The molecule has 2 aromatic carbocycles. The molecule has 0 amide bonds.